The molecule has 0 amide bonds. The summed E-state index contributed by atoms with van der Waals surface area (Å²) in [4.78, 5) is 20.4. The zero-order valence-corrected chi connectivity index (χ0v) is 11.6. The Bertz CT molecular complexity index is 474. The molecule has 1 fully saturated rings. The van der Waals surface area contributed by atoms with Crippen molar-refractivity contribution in [3.8, 4) is 0 Å². The van der Waals surface area contributed by atoms with Gasteiger partial charge >= 0.3 is 5.97 Å². The normalized spacial score (nSPS) is 20.6. The van der Waals surface area contributed by atoms with Crippen LogP contribution in [0.5, 0.6) is 0 Å². The zero-order valence-electron chi connectivity index (χ0n) is 10.9. The number of carbonyl (C=O) groups excluding carboxylic acids is 1. The lowest BCUT2D eigenvalue weighted by Gasteiger charge is -2.08. The number of carbonyl (C=O) groups is 1. The van der Waals surface area contributed by atoms with E-state index in [1.807, 2.05) is 0 Å². The van der Waals surface area contributed by atoms with Crippen molar-refractivity contribution in [2.75, 3.05) is 6.61 Å². The second-order valence-corrected chi connectivity index (χ2v) is 5.46. The third-order valence-electron chi connectivity index (χ3n) is 3.33. The van der Waals surface area contributed by atoms with Crippen molar-refractivity contribution in [2.45, 2.75) is 39.0 Å². The monoisotopic (exact) mass is 268 g/mol. The molecule has 1 saturated carbocycles. The SMILES string of the molecule is CCOC(=O)c1cnc(C2CC2(C)C)nc1CCl. The highest BCUT2D eigenvalue weighted by molar-refractivity contribution is 6.17. The molecule has 1 unspecified atom stereocenters. The third kappa shape index (κ3) is 2.48. The van der Waals surface area contributed by atoms with Crippen molar-refractivity contribution >= 4 is 17.6 Å². The van der Waals surface area contributed by atoms with E-state index in [9.17, 15) is 4.79 Å². The Morgan fingerprint density at radius 1 is 1.61 bits per heavy atom. The fourth-order valence-electron chi connectivity index (χ4n) is 1.99. The summed E-state index contributed by atoms with van der Waals surface area (Å²) in [5.41, 5.74) is 1.19. The second kappa shape index (κ2) is 4.84. The number of hydrogen-bond donors (Lipinski definition) is 0. The molecular weight excluding hydrogens is 252 g/mol. The quantitative estimate of drug-likeness (QED) is 0.622. The molecule has 0 aliphatic heterocycles. The highest BCUT2D eigenvalue weighted by atomic mass is 35.5. The van der Waals surface area contributed by atoms with Crippen LogP contribution in [-0.4, -0.2) is 22.5 Å². The summed E-state index contributed by atoms with van der Waals surface area (Å²) in [6.45, 7) is 6.46. The first-order valence-corrected chi connectivity index (χ1v) is 6.62. The van der Waals surface area contributed by atoms with E-state index in [0.29, 0.717) is 23.8 Å². The van der Waals surface area contributed by atoms with Crippen LogP contribution in [0.4, 0.5) is 0 Å². The van der Waals surface area contributed by atoms with Crippen molar-refractivity contribution in [3.63, 3.8) is 0 Å². The zero-order chi connectivity index (χ0) is 13.3. The van der Waals surface area contributed by atoms with E-state index in [1.54, 1.807) is 6.92 Å². The molecule has 5 heteroatoms. The summed E-state index contributed by atoms with van der Waals surface area (Å²) in [6, 6.07) is 0. The molecule has 0 radical (unpaired) electrons. The molecular formula is C13H17ClN2O2. The Hall–Kier alpha value is -1.16. The molecule has 2 rings (SSSR count). The number of nitrogens with zero attached hydrogens (tertiary/aromatic N) is 2. The van der Waals surface area contributed by atoms with Crippen LogP contribution in [-0.2, 0) is 10.6 Å². The van der Waals surface area contributed by atoms with Gasteiger partial charge in [-0.05, 0) is 18.8 Å². The number of ether oxygens (including phenoxy) is 1. The third-order valence-corrected chi connectivity index (χ3v) is 3.59. The summed E-state index contributed by atoms with van der Waals surface area (Å²) < 4.78 is 4.95. The van der Waals surface area contributed by atoms with E-state index < -0.39 is 5.97 Å². The van der Waals surface area contributed by atoms with Crippen molar-refractivity contribution in [2.24, 2.45) is 5.41 Å². The van der Waals surface area contributed by atoms with Gasteiger partial charge in [0.05, 0.1) is 18.2 Å². The van der Waals surface area contributed by atoms with Crippen molar-refractivity contribution in [3.05, 3.63) is 23.3 Å². The van der Waals surface area contributed by atoms with Crippen LogP contribution in [0.2, 0.25) is 0 Å². The molecule has 98 valence electrons. The molecule has 1 aromatic heterocycles. The van der Waals surface area contributed by atoms with Gasteiger partial charge in [0.2, 0.25) is 0 Å². The number of aromatic nitrogens is 2. The van der Waals surface area contributed by atoms with Gasteiger partial charge in [-0.2, -0.15) is 0 Å². The maximum Gasteiger partial charge on any atom is 0.341 e. The van der Waals surface area contributed by atoms with Gasteiger partial charge in [-0.3, -0.25) is 0 Å². The van der Waals surface area contributed by atoms with Gasteiger partial charge in [0.15, 0.2) is 0 Å². The predicted octanol–water partition coefficient (Wildman–Crippen LogP) is 2.91. The van der Waals surface area contributed by atoms with Gasteiger partial charge in [0.1, 0.15) is 11.4 Å². The number of hydrogen-bond acceptors (Lipinski definition) is 4. The lowest BCUT2D eigenvalue weighted by atomic mass is 10.1. The van der Waals surface area contributed by atoms with Gasteiger partial charge in [0, 0.05) is 12.1 Å². The van der Waals surface area contributed by atoms with E-state index in [4.69, 9.17) is 16.3 Å². The van der Waals surface area contributed by atoms with Crippen LogP contribution in [0.3, 0.4) is 0 Å². The first kappa shape index (κ1) is 13.3. The molecule has 1 aliphatic carbocycles. The van der Waals surface area contributed by atoms with Gasteiger partial charge < -0.3 is 4.74 Å². The summed E-state index contributed by atoms with van der Waals surface area (Å²) >= 11 is 5.85. The standard InChI is InChI=1S/C13H17ClN2O2/c1-4-18-12(17)8-7-15-11(16-10(8)6-14)9-5-13(9,2)3/h7,9H,4-6H2,1-3H3. The molecule has 1 aromatic rings. The summed E-state index contributed by atoms with van der Waals surface area (Å²) in [7, 11) is 0. The number of halogens is 1. The van der Waals surface area contributed by atoms with E-state index in [2.05, 4.69) is 23.8 Å². The fourth-order valence-corrected chi connectivity index (χ4v) is 2.19. The Balaban J connectivity index is 2.27. The number of rotatable bonds is 4. The maximum atomic E-state index is 11.7. The number of alkyl halides is 1. The van der Waals surface area contributed by atoms with Crippen LogP contribution in [0.1, 0.15) is 55.0 Å². The first-order chi connectivity index (χ1) is 8.49. The molecule has 18 heavy (non-hydrogen) atoms. The second-order valence-electron chi connectivity index (χ2n) is 5.19. The largest absolute Gasteiger partial charge is 0.462 e. The maximum absolute atomic E-state index is 11.7. The van der Waals surface area contributed by atoms with Crippen molar-refractivity contribution in [1.29, 1.82) is 0 Å². The average Bonchev–Trinajstić information content (AvgIpc) is 2.98. The summed E-state index contributed by atoms with van der Waals surface area (Å²) in [5, 5.41) is 0. The predicted molar refractivity (Wildman–Crippen MR) is 68.7 cm³/mol. The molecule has 0 N–H and O–H groups in total. The van der Waals surface area contributed by atoms with Gasteiger partial charge in [-0.25, -0.2) is 14.8 Å². The van der Waals surface area contributed by atoms with Gasteiger partial charge in [-0.1, -0.05) is 13.8 Å². The minimum atomic E-state index is -0.408. The molecule has 1 aliphatic rings. The minimum Gasteiger partial charge on any atom is -0.462 e. The summed E-state index contributed by atoms with van der Waals surface area (Å²) in [5.74, 6) is 0.936. The molecule has 0 bridgehead atoms. The van der Waals surface area contributed by atoms with Crippen molar-refractivity contribution in [1.82, 2.24) is 9.97 Å². The van der Waals surface area contributed by atoms with Gasteiger partial charge in [-0.15, -0.1) is 11.6 Å². The summed E-state index contributed by atoms with van der Waals surface area (Å²) in [6.07, 6.45) is 2.61. The molecule has 0 spiro atoms. The smallest absolute Gasteiger partial charge is 0.341 e. The van der Waals surface area contributed by atoms with E-state index in [1.165, 1.54) is 6.20 Å². The lowest BCUT2D eigenvalue weighted by Crippen LogP contribution is -2.11. The Labute approximate surface area is 112 Å². The average molecular weight is 269 g/mol. The molecule has 0 aromatic carbocycles. The van der Waals surface area contributed by atoms with Crippen LogP contribution >= 0.6 is 11.6 Å². The minimum absolute atomic E-state index is 0.191. The van der Waals surface area contributed by atoms with Crippen LogP contribution < -0.4 is 0 Å². The molecule has 4 nitrogen and oxygen atoms in total. The Morgan fingerprint density at radius 3 is 2.78 bits per heavy atom. The van der Waals surface area contributed by atoms with Gasteiger partial charge in [0.25, 0.3) is 0 Å². The molecule has 1 atom stereocenters. The lowest BCUT2D eigenvalue weighted by molar-refractivity contribution is 0.0524. The fraction of sp³-hybridized carbons (Fsp3) is 0.615. The molecule has 0 saturated heterocycles. The highest BCUT2D eigenvalue weighted by Gasteiger charge is 2.48. The Morgan fingerprint density at radius 2 is 2.28 bits per heavy atom. The van der Waals surface area contributed by atoms with E-state index in [-0.39, 0.29) is 11.3 Å². The first-order valence-electron chi connectivity index (χ1n) is 6.08. The molecule has 1 heterocycles. The van der Waals surface area contributed by atoms with Crippen molar-refractivity contribution < 1.29 is 9.53 Å². The van der Waals surface area contributed by atoms with Crippen LogP contribution in [0.25, 0.3) is 0 Å². The highest BCUT2D eigenvalue weighted by Crippen LogP contribution is 2.57. The Kier molecular flexibility index (Phi) is 3.57. The van der Waals surface area contributed by atoms with E-state index >= 15 is 0 Å². The number of esters is 1. The van der Waals surface area contributed by atoms with E-state index in [0.717, 1.165) is 12.2 Å². The topological polar surface area (TPSA) is 52.1 Å². The van der Waals surface area contributed by atoms with Crippen LogP contribution in [0, 0.1) is 5.41 Å². The van der Waals surface area contributed by atoms with Crippen LogP contribution in [0.15, 0.2) is 6.20 Å².